The molecule has 3 aromatic heterocycles. The Labute approximate surface area is 231 Å². The van der Waals surface area contributed by atoms with Crippen LogP contribution in [0.1, 0.15) is 36.8 Å². The third-order valence-corrected chi connectivity index (χ3v) is 7.31. The molecular formula is C26H22F7N7O2. The third kappa shape index (κ3) is 5.65. The summed E-state index contributed by atoms with van der Waals surface area (Å²) in [5.41, 5.74) is 0.230. The van der Waals surface area contributed by atoms with E-state index in [1.54, 1.807) is 5.10 Å². The van der Waals surface area contributed by atoms with Crippen LogP contribution in [0.15, 0.2) is 46.4 Å². The highest BCUT2D eigenvalue weighted by molar-refractivity contribution is 5.86. The van der Waals surface area contributed by atoms with Gasteiger partial charge in [-0.15, -0.1) is 0 Å². The smallest absolute Gasteiger partial charge is 0.383 e. The van der Waals surface area contributed by atoms with Gasteiger partial charge in [0.2, 0.25) is 0 Å². The Balaban J connectivity index is 1.36. The minimum Gasteiger partial charge on any atom is -0.383 e. The van der Waals surface area contributed by atoms with Crippen LogP contribution in [0.5, 0.6) is 0 Å². The van der Waals surface area contributed by atoms with Gasteiger partial charge >= 0.3 is 12.4 Å². The molecule has 1 aliphatic carbocycles. The van der Waals surface area contributed by atoms with Crippen LogP contribution in [0.2, 0.25) is 0 Å². The van der Waals surface area contributed by atoms with Crippen molar-refractivity contribution in [3.63, 3.8) is 0 Å². The van der Waals surface area contributed by atoms with Crippen LogP contribution < -0.4 is 22.2 Å². The minimum absolute atomic E-state index is 0.00383. The Morgan fingerprint density at radius 1 is 1.07 bits per heavy atom. The van der Waals surface area contributed by atoms with E-state index >= 15 is 4.39 Å². The number of rotatable bonds is 6. The van der Waals surface area contributed by atoms with E-state index in [-0.39, 0.29) is 34.6 Å². The molecule has 1 aliphatic rings. The summed E-state index contributed by atoms with van der Waals surface area (Å²) in [5.74, 6) is -2.32. The molecular weight excluding hydrogens is 575 g/mol. The molecule has 42 heavy (non-hydrogen) atoms. The largest absolute Gasteiger partial charge is 0.423 e. The Morgan fingerprint density at radius 2 is 1.83 bits per heavy atom. The number of aromatic nitrogens is 5. The number of aryl methyl sites for hydroxylation is 1. The van der Waals surface area contributed by atoms with Crippen LogP contribution in [0.4, 0.5) is 42.2 Å². The van der Waals surface area contributed by atoms with Crippen molar-refractivity contribution in [2.45, 2.75) is 50.6 Å². The van der Waals surface area contributed by atoms with Crippen LogP contribution in [0, 0.1) is 11.7 Å². The summed E-state index contributed by atoms with van der Waals surface area (Å²) in [6, 6.07) is 3.30. The number of nitrogens with zero attached hydrogens (tertiary/aromatic N) is 4. The molecule has 0 amide bonds. The average molecular weight is 597 g/mol. The number of nitrogens with two attached hydrogens (primary N) is 1. The highest BCUT2D eigenvalue weighted by Gasteiger charge is 2.39. The second-order valence-electron chi connectivity index (χ2n) is 9.94. The summed E-state index contributed by atoms with van der Waals surface area (Å²) < 4.78 is 95.6. The van der Waals surface area contributed by atoms with Crippen LogP contribution >= 0.6 is 0 Å². The second kappa shape index (κ2) is 10.7. The van der Waals surface area contributed by atoms with Gasteiger partial charge in [-0.3, -0.25) is 9.59 Å². The fraction of sp³-hybridized carbons (Fsp3) is 0.346. The van der Waals surface area contributed by atoms with E-state index in [9.17, 15) is 35.9 Å². The Hall–Kier alpha value is -4.50. The predicted molar refractivity (Wildman–Crippen MR) is 138 cm³/mol. The molecule has 2 atom stereocenters. The number of pyridine rings is 1. The first kappa shape index (κ1) is 29.0. The monoisotopic (exact) mass is 597 g/mol. The van der Waals surface area contributed by atoms with Crippen molar-refractivity contribution in [2.75, 3.05) is 11.1 Å². The first-order valence-electron chi connectivity index (χ1n) is 12.7. The second-order valence-corrected chi connectivity index (χ2v) is 9.94. The van der Waals surface area contributed by atoms with Gasteiger partial charge < -0.3 is 15.6 Å². The molecule has 0 saturated heterocycles. The van der Waals surface area contributed by atoms with Crippen molar-refractivity contribution in [2.24, 2.45) is 5.92 Å². The highest BCUT2D eigenvalue weighted by atomic mass is 19.4. The average Bonchev–Trinajstić information content (AvgIpc) is 3.33. The molecule has 4 aromatic rings. The first-order valence-corrected chi connectivity index (χ1v) is 12.7. The predicted octanol–water partition coefficient (Wildman–Crippen LogP) is 4.97. The summed E-state index contributed by atoms with van der Waals surface area (Å²) in [5, 5.41) is 8.37. The number of nitrogens with one attached hydrogen (secondary N) is 2. The van der Waals surface area contributed by atoms with E-state index < -0.39 is 58.0 Å². The van der Waals surface area contributed by atoms with E-state index in [0.29, 0.717) is 25.5 Å². The number of halogens is 7. The normalized spacial score (nSPS) is 17.6. The maximum atomic E-state index is 15.0. The lowest BCUT2D eigenvalue weighted by molar-refractivity contribution is -0.138. The fourth-order valence-corrected chi connectivity index (χ4v) is 5.26. The number of hydrogen-bond donors (Lipinski definition) is 3. The zero-order valence-corrected chi connectivity index (χ0v) is 21.5. The number of aromatic amines is 1. The summed E-state index contributed by atoms with van der Waals surface area (Å²) in [6.45, 7) is 0.180. The van der Waals surface area contributed by atoms with Gasteiger partial charge in [-0.2, -0.15) is 31.4 Å². The Morgan fingerprint density at radius 3 is 2.52 bits per heavy atom. The lowest BCUT2D eigenvalue weighted by atomic mass is 9.98. The molecule has 1 aromatic carbocycles. The molecule has 1 saturated carbocycles. The molecule has 1 fully saturated rings. The zero-order valence-electron chi connectivity index (χ0n) is 21.5. The number of benzene rings is 1. The number of anilines is 2. The van der Waals surface area contributed by atoms with Gasteiger partial charge in [0.15, 0.2) is 5.82 Å². The zero-order chi connectivity index (χ0) is 30.4. The van der Waals surface area contributed by atoms with Crippen LogP contribution in [-0.2, 0) is 18.9 Å². The summed E-state index contributed by atoms with van der Waals surface area (Å²) in [4.78, 5) is 32.1. The SMILES string of the molecule is Nc1nc(-c2cc3ccn(CC[C@H]4CCC[C@@H]4Nc4cn[nH]c(=O)c4C(F)(F)F)c(=O)c3cc2F)ncc1C(F)(F)F. The molecule has 0 spiro atoms. The fourth-order valence-electron chi connectivity index (χ4n) is 5.26. The number of H-pyrrole nitrogens is 1. The first-order chi connectivity index (χ1) is 19.7. The Kier molecular flexibility index (Phi) is 7.41. The maximum absolute atomic E-state index is 15.0. The summed E-state index contributed by atoms with van der Waals surface area (Å²) >= 11 is 0. The molecule has 0 radical (unpaired) electrons. The van der Waals surface area contributed by atoms with Crippen molar-refractivity contribution in [3.8, 4) is 11.4 Å². The quantitative estimate of drug-likeness (QED) is 0.268. The minimum atomic E-state index is -4.88. The summed E-state index contributed by atoms with van der Waals surface area (Å²) in [7, 11) is 0. The van der Waals surface area contributed by atoms with Crippen LogP contribution in [0.3, 0.4) is 0 Å². The number of fused-ring (bicyclic) bond motifs is 1. The van der Waals surface area contributed by atoms with Crippen molar-refractivity contribution in [1.29, 1.82) is 0 Å². The molecule has 5 rings (SSSR count). The van der Waals surface area contributed by atoms with E-state index in [0.717, 1.165) is 18.7 Å². The molecule has 4 N–H and O–H groups in total. The van der Waals surface area contributed by atoms with Crippen molar-refractivity contribution in [1.82, 2.24) is 24.7 Å². The number of nitrogen functional groups attached to an aromatic ring is 1. The Bertz CT molecular complexity index is 1770. The maximum Gasteiger partial charge on any atom is 0.423 e. The van der Waals surface area contributed by atoms with Gasteiger partial charge in [0.25, 0.3) is 11.1 Å². The van der Waals surface area contributed by atoms with E-state index in [2.05, 4.69) is 20.4 Å². The standard InChI is InChI=1S/C26H22F7N7O2/c27-17-9-14-13(8-15(17)22-35-10-16(21(34)38-22)25(28,29)30)5-7-40(24(14)42)6-4-12-2-1-3-18(12)37-19-11-36-39-23(41)20(19)26(31,32)33/h5,7-12,18H,1-4,6H2,(H2,34,35,38)(H2,37,39,41)/t12-,18+/m1/s1. The molecule has 0 unspecified atom stereocenters. The molecule has 0 aliphatic heterocycles. The van der Waals surface area contributed by atoms with E-state index in [4.69, 9.17) is 5.73 Å². The van der Waals surface area contributed by atoms with Gasteiger partial charge in [-0.25, -0.2) is 19.5 Å². The third-order valence-electron chi connectivity index (χ3n) is 7.31. The number of alkyl halides is 6. The topological polar surface area (TPSA) is 132 Å². The molecule has 9 nitrogen and oxygen atoms in total. The lowest BCUT2D eigenvalue weighted by Crippen LogP contribution is -2.31. The van der Waals surface area contributed by atoms with Gasteiger partial charge in [-0.1, -0.05) is 6.42 Å². The highest BCUT2D eigenvalue weighted by Crippen LogP contribution is 2.36. The lowest BCUT2D eigenvalue weighted by Gasteiger charge is -2.24. The molecule has 16 heteroatoms. The van der Waals surface area contributed by atoms with E-state index in [1.807, 2.05) is 0 Å². The van der Waals surface area contributed by atoms with Crippen molar-refractivity contribution >= 4 is 22.3 Å². The number of hydrogen-bond acceptors (Lipinski definition) is 7. The molecule has 222 valence electrons. The molecule has 3 heterocycles. The van der Waals surface area contributed by atoms with Crippen molar-refractivity contribution in [3.05, 3.63) is 74.4 Å². The van der Waals surface area contributed by atoms with Gasteiger partial charge in [0, 0.05) is 25.0 Å². The van der Waals surface area contributed by atoms with Gasteiger partial charge in [0.05, 0.1) is 22.8 Å². The van der Waals surface area contributed by atoms with Crippen LogP contribution in [0.25, 0.3) is 22.2 Å². The van der Waals surface area contributed by atoms with Gasteiger partial charge in [-0.05, 0) is 48.8 Å². The van der Waals surface area contributed by atoms with Crippen LogP contribution in [-0.4, -0.2) is 30.8 Å². The molecule has 0 bridgehead atoms. The van der Waals surface area contributed by atoms with Gasteiger partial charge in [0.1, 0.15) is 22.8 Å². The van der Waals surface area contributed by atoms with E-state index in [1.165, 1.54) is 22.9 Å². The van der Waals surface area contributed by atoms with Crippen molar-refractivity contribution < 1.29 is 30.7 Å². The summed E-state index contributed by atoms with van der Waals surface area (Å²) in [6.07, 6.45) is -4.48.